The second-order valence-electron chi connectivity index (χ2n) is 7.81. The molecule has 0 bridgehead atoms. The van der Waals surface area contributed by atoms with Gasteiger partial charge in [-0.3, -0.25) is 9.59 Å². The third-order valence-electron chi connectivity index (χ3n) is 5.21. The fourth-order valence-electron chi connectivity index (χ4n) is 3.80. The van der Waals surface area contributed by atoms with Gasteiger partial charge in [-0.2, -0.15) is 0 Å². The number of hydrogen-bond donors (Lipinski definition) is 1. The first kappa shape index (κ1) is 22.5. The summed E-state index contributed by atoms with van der Waals surface area (Å²) in [6.45, 7) is 4.34. The topological polar surface area (TPSA) is 77.1 Å². The quantitative estimate of drug-likeness (QED) is 0.698. The number of nitrogens with zero attached hydrogens (tertiary/aromatic N) is 1. The predicted octanol–water partition coefficient (Wildman–Crippen LogP) is 3.58. The SMILES string of the molecule is COc1cccc(C2CCCN2C(=O)c2ccc(OCC(=O)NC(C)C)c(OC)c2)c1. The van der Waals surface area contributed by atoms with Crippen molar-refractivity contribution in [2.75, 3.05) is 27.4 Å². The highest BCUT2D eigenvalue weighted by Gasteiger charge is 2.31. The molecule has 0 spiro atoms. The van der Waals surface area contributed by atoms with Crippen LogP contribution in [0.4, 0.5) is 0 Å². The zero-order valence-electron chi connectivity index (χ0n) is 18.5. The lowest BCUT2D eigenvalue weighted by molar-refractivity contribution is -0.123. The van der Waals surface area contributed by atoms with Gasteiger partial charge in [0, 0.05) is 18.2 Å². The Bertz CT molecular complexity index is 928. The molecule has 0 aromatic heterocycles. The van der Waals surface area contributed by atoms with Gasteiger partial charge in [-0.05, 0) is 62.6 Å². The number of methoxy groups -OCH3 is 2. The van der Waals surface area contributed by atoms with E-state index >= 15 is 0 Å². The van der Waals surface area contributed by atoms with Crippen molar-refractivity contribution in [1.29, 1.82) is 0 Å². The molecule has 2 aromatic carbocycles. The molecule has 31 heavy (non-hydrogen) atoms. The number of carbonyl (C=O) groups excluding carboxylic acids is 2. The smallest absolute Gasteiger partial charge is 0.258 e. The van der Waals surface area contributed by atoms with Gasteiger partial charge in [0.25, 0.3) is 11.8 Å². The molecule has 7 nitrogen and oxygen atoms in total. The maximum Gasteiger partial charge on any atom is 0.258 e. The van der Waals surface area contributed by atoms with Crippen LogP contribution >= 0.6 is 0 Å². The fourth-order valence-corrected chi connectivity index (χ4v) is 3.80. The molecule has 1 aliphatic heterocycles. The van der Waals surface area contributed by atoms with E-state index < -0.39 is 0 Å². The van der Waals surface area contributed by atoms with Gasteiger partial charge in [0.15, 0.2) is 18.1 Å². The number of carbonyl (C=O) groups is 2. The number of nitrogens with one attached hydrogen (secondary N) is 1. The first-order valence-corrected chi connectivity index (χ1v) is 10.5. The van der Waals surface area contributed by atoms with Crippen LogP contribution in [0.15, 0.2) is 42.5 Å². The molecule has 1 fully saturated rings. The van der Waals surface area contributed by atoms with Crippen molar-refractivity contribution in [3.63, 3.8) is 0 Å². The lowest BCUT2D eigenvalue weighted by Gasteiger charge is -2.26. The molecule has 2 amide bonds. The standard InChI is InChI=1S/C24H30N2O5/c1-16(2)25-23(27)15-31-21-11-10-18(14-22(21)30-4)24(28)26-12-6-9-20(26)17-7-5-8-19(13-17)29-3/h5,7-8,10-11,13-14,16,20H,6,9,12,15H2,1-4H3,(H,25,27). The lowest BCUT2D eigenvalue weighted by Crippen LogP contribution is -2.34. The molecule has 166 valence electrons. The van der Waals surface area contributed by atoms with Crippen molar-refractivity contribution in [1.82, 2.24) is 10.2 Å². The van der Waals surface area contributed by atoms with Crippen molar-refractivity contribution >= 4 is 11.8 Å². The van der Waals surface area contributed by atoms with Crippen molar-refractivity contribution in [2.45, 2.75) is 38.8 Å². The summed E-state index contributed by atoms with van der Waals surface area (Å²) in [5, 5.41) is 2.77. The first-order valence-electron chi connectivity index (χ1n) is 10.5. The summed E-state index contributed by atoms with van der Waals surface area (Å²) in [7, 11) is 3.15. The Balaban J connectivity index is 1.75. The molecule has 1 atom stereocenters. The highest BCUT2D eigenvalue weighted by molar-refractivity contribution is 5.95. The third-order valence-corrected chi connectivity index (χ3v) is 5.21. The minimum absolute atomic E-state index is 0.00394. The predicted molar refractivity (Wildman–Crippen MR) is 118 cm³/mol. The molecule has 1 aliphatic rings. The Labute approximate surface area is 183 Å². The summed E-state index contributed by atoms with van der Waals surface area (Å²) < 4.78 is 16.3. The van der Waals surface area contributed by atoms with Gasteiger partial charge >= 0.3 is 0 Å². The first-order chi connectivity index (χ1) is 14.9. The minimum Gasteiger partial charge on any atom is -0.497 e. The number of hydrogen-bond acceptors (Lipinski definition) is 5. The van der Waals surface area contributed by atoms with E-state index in [1.54, 1.807) is 25.3 Å². The van der Waals surface area contributed by atoms with E-state index in [1.165, 1.54) is 7.11 Å². The van der Waals surface area contributed by atoms with Crippen molar-refractivity contribution in [2.24, 2.45) is 0 Å². The molecular weight excluding hydrogens is 396 g/mol. The van der Waals surface area contributed by atoms with Gasteiger partial charge in [-0.25, -0.2) is 0 Å². The number of amides is 2. The molecule has 1 N–H and O–H groups in total. The third kappa shape index (κ3) is 5.48. The maximum atomic E-state index is 13.3. The van der Waals surface area contributed by atoms with Crippen LogP contribution in [-0.4, -0.2) is 50.1 Å². The minimum atomic E-state index is -0.213. The van der Waals surface area contributed by atoms with Gasteiger partial charge in [0.1, 0.15) is 5.75 Å². The van der Waals surface area contributed by atoms with Crippen molar-refractivity contribution in [3.05, 3.63) is 53.6 Å². The van der Waals surface area contributed by atoms with Crippen LogP contribution in [0.2, 0.25) is 0 Å². The summed E-state index contributed by atoms with van der Waals surface area (Å²) in [5.74, 6) is 1.34. The van der Waals surface area contributed by atoms with Crippen molar-refractivity contribution in [3.8, 4) is 17.2 Å². The zero-order chi connectivity index (χ0) is 22.4. The number of likely N-dealkylation sites (tertiary alicyclic amines) is 1. The summed E-state index contributed by atoms with van der Waals surface area (Å²) in [6.07, 6.45) is 1.85. The fraction of sp³-hybridized carbons (Fsp3) is 0.417. The summed E-state index contributed by atoms with van der Waals surface area (Å²) in [4.78, 5) is 27.0. The van der Waals surface area contributed by atoms with Gasteiger partial charge < -0.3 is 24.4 Å². The van der Waals surface area contributed by atoms with Crippen LogP contribution in [-0.2, 0) is 4.79 Å². The molecule has 0 saturated carbocycles. The second-order valence-corrected chi connectivity index (χ2v) is 7.81. The van der Waals surface area contributed by atoms with Crippen LogP contribution < -0.4 is 19.5 Å². The zero-order valence-corrected chi connectivity index (χ0v) is 18.5. The molecule has 0 radical (unpaired) electrons. The van der Waals surface area contributed by atoms with Gasteiger partial charge in [-0.15, -0.1) is 0 Å². The Morgan fingerprint density at radius 3 is 2.61 bits per heavy atom. The summed E-state index contributed by atoms with van der Waals surface area (Å²) in [5.41, 5.74) is 1.58. The Morgan fingerprint density at radius 2 is 1.90 bits per heavy atom. The number of benzene rings is 2. The Kier molecular flexibility index (Phi) is 7.39. The van der Waals surface area contributed by atoms with E-state index in [0.29, 0.717) is 23.6 Å². The molecular formula is C24H30N2O5. The molecule has 0 aliphatic carbocycles. The van der Waals surface area contributed by atoms with Crippen LogP contribution in [0.3, 0.4) is 0 Å². The second kappa shape index (κ2) is 10.2. The van der Waals surface area contributed by atoms with Crippen LogP contribution in [0.5, 0.6) is 17.2 Å². The molecule has 1 unspecified atom stereocenters. The van der Waals surface area contributed by atoms with Gasteiger partial charge in [-0.1, -0.05) is 12.1 Å². The maximum absolute atomic E-state index is 13.3. The molecule has 3 rings (SSSR count). The monoisotopic (exact) mass is 426 g/mol. The van der Waals surface area contributed by atoms with E-state index in [0.717, 1.165) is 24.2 Å². The Hall–Kier alpha value is -3.22. The normalized spacial score (nSPS) is 15.6. The lowest BCUT2D eigenvalue weighted by atomic mass is 10.0. The average molecular weight is 427 g/mol. The van der Waals surface area contributed by atoms with E-state index in [1.807, 2.05) is 43.0 Å². The van der Waals surface area contributed by atoms with E-state index in [2.05, 4.69) is 5.32 Å². The number of ether oxygens (including phenoxy) is 3. The van der Waals surface area contributed by atoms with E-state index in [9.17, 15) is 9.59 Å². The highest BCUT2D eigenvalue weighted by atomic mass is 16.5. The summed E-state index contributed by atoms with van der Waals surface area (Å²) >= 11 is 0. The van der Waals surface area contributed by atoms with E-state index in [4.69, 9.17) is 14.2 Å². The largest absolute Gasteiger partial charge is 0.497 e. The molecule has 7 heteroatoms. The molecule has 2 aromatic rings. The number of rotatable bonds is 8. The van der Waals surface area contributed by atoms with Crippen LogP contribution in [0, 0.1) is 0 Å². The summed E-state index contributed by atoms with van der Waals surface area (Å²) in [6, 6.07) is 12.9. The molecule has 1 saturated heterocycles. The Morgan fingerprint density at radius 1 is 1.10 bits per heavy atom. The van der Waals surface area contributed by atoms with Crippen molar-refractivity contribution < 1.29 is 23.8 Å². The van der Waals surface area contributed by atoms with Crippen LogP contribution in [0.1, 0.15) is 48.7 Å². The average Bonchev–Trinajstić information content (AvgIpc) is 3.26. The van der Waals surface area contributed by atoms with Crippen LogP contribution in [0.25, 0.3) is 0 Å². The van der Waals surface area contributed by atoms with Gasteiger partial charge in [0.2, 0.25) is 0 Å². The highest BCUT2D eigenvalue weighted by Crippen LogP contribution is 2.36. The van der Waals surface area contributed by atoms with E-state index in [-0.39, 0.29) is 30.5 Å². The molecule has 1 heterocycles. The van der Waals surface area contributed by atoms with Gasteiger partial charge in [0.05, 0.1) is 20.3 Å².